The topological polar surface area (TPSA) is 61.4 Å². The average Bonchev–Trinajstić information content (AvgIpc) is 3.11. The minimum Gasteiger partial charge on any atom is -0.340 e. The lowest BCUT2D eigenvalue weighted by Gasteiger charge is -2.40. The van der Waals surface area contributed by atoms with E-state index in [1.54, 1.807) is 0 Å². The Morgan fingerprint density at radius 1 is 1.20 bits per heavy atom. The molecule has 2 aromatic carbocycles. The van der Waals surface area contributed by atoms with Crippen LogP contribution in [0.5, 0.6) is 0 Å². The number of anilines is 2. The summed E-state index contributed by atoms with van der Waals surface area (Å²) in [7, 11) is 2.13. The molecule has 2 fully saturated rings. The summed E-state index contributed by atoms with van der Waals surface area (Å²) in [6, 6.07) is 14.1. The number of likely N-dealkylation sites (N-methyl/N-ethyl adjacent to an activating group) is 1. The third kappa shape index (κ3) is 3.38. The zero-order chi connectivity index (χ0) is 20.7. The molecule has 150 valence electrons. The molecular formula is C24H23N5O. The van der Waals surface area contributed by atoms with Crippen LogP contribution in [0.15, 0.2) is 48.8 Å². The number of hydrogen-bond donors (Lipinski definition) is 1. The number of benzene rings is 2. The lowest BCUT2D eigenvalue weighted by molar-refractivity contribution is -0.129. The normalized spacial score (nSPS) is 20.5. The maximum atomic E-state index is 12.9. The third-order valence-corrected chi connectivity index (χ3v) is 6.19. The first-order valence-electron chi connectivity index (χ1n) is 10.2. The summed E-state index contributed by atoms with van der Waals surface area (Å²) >= 11 is 0. The number of nitrogens with one attached hydrogen (secondary N) is 1. The SMILES string of the molecule is C#Cc1cccc(Nc2ncnc3ccc(CC(=O)N4CC5CN(C)C5C4)cc23)c1. The van der Waals surface area contributed by atoms with Crippen LogP contribution in [0.25, 0.3) is 10.9 Å². The van der Waals surface area contributed by atoms with E-state index in [1.807, 2.05) is 47.4 Å². The van der Waals surface area contributed by atoms with Gasteiger partial charge in [-0.3, -0.25) is 4.79 Å². The Labute approximate surface area is 175 Å². The summed E-state index contributed by atoms with van der Waals surface area (Å²) in [6.07, 6.45) is 7.43. The van der Waals surface area contributed by atoms with Crippen LogP contribution < -0.4 is 5.32 Å². The lowest BCUT2D eigenvalue weighted by Crippen LogP contribution is -2.52. The van der Waals surface area contributed by atoms with Gasteiger partial charge in [0, 0.05) is 48.2 Å². The van der Waals surface area contributed by atoms with Crippen molar-refractivity contribution >= 4 is 28.3 Å². The molecule has 0 radical (unpaired) electrons. The summed E-state index contributed by atoms with van der Waals surface area (Å²) < 4.78 is 0. The zero-order valence-electron chi connectivity index (χ0n) is 16.9. The van der Waals surface area contributed by atoms with E-state index in [0.29, 0.717) is 24.2 Å². The summed E-state index contributed by atoms with van der Waals surface area (Å²) in [5.41, 5.74) is 3.46. The van der Waals surface area contributed by atoms with Crippen molar-refractivity contribution in [3.05, 3.63) is 59.9 Å². The average molecular weight is 397 g/mol. The predicted octanol–water partition coefficient (Wildman–Crippen LogP) is 2.67. The molecule has 1 aromatic heterocycles. The number of likely N-dealkylation sites (tertiary alicyclic amines) is 2. The third-order valence-electron chi connectivity index (χ3n) is 6.19. The van der Waals surface area contributed by atoms with Gasteiger partial charge in [-0.05, 0) is 42.9 Å². The van der Waals surface area contributed by atoms with Crippen LogP contribution in [-0.4, -0.2) is 58.4 Å². The molecule has 1 N–H and O–H groups in total. The molecule has 3 heterocycles. The van der Waals surface area contributed by atoms with Gasteiger partial charge in [0.15, 0.2) is 0 Å². The van der Waals surface area contributed by atoms with Gasteiger partial charge in [0.1, 0.15) is 12.1 Å². The Morgan fingerprint density at radius 3 is 2.90 bits per heavy atom. The van der Waals surface area contributed by atoms with Crippen LogP contribution in [-0.2, 0) is 11.2 Å². The number of fused-ring (bicyclic) bond motifs is 2. The van der Waals surface area contributed by atoms with Crippen LogP contribution in [0.1, 0.15) is 11.1 Å². The molecule has 0 saturated carbocycles. The molecule has 2 atom stereocenters. The molecule has 2 aliphatic rings. The number of terminal acetylenes is 1. The smallest absolute Gasteiger partial charge is 0.227 e. The van der Waals surface area contributed by atoms with E-state index < -0.39 is 0 Å². The number of carbonyl (C=O) groups excluding carboxylic acids is 1. The van der Waals surface area contributed by atoms with Crippen molar-refractivity contribution in [3.63, 3.8) is 0 Å². The van der Waals surface area contributed by atoms with E-state index in [2.05, 4.69) is 33.2 Å². The Morgan fingerprint density at radius 2 is 2.10 bits per heavy atom. The first-order valence-corrected chi connectivity index (χ1v) is 10.2. The molecular weight excluding hydrogens is 374 g/mol. The van der Waals surface area contributed by atoms with Gasteiger partial charge in [-0.2, -0.15) is 0 Å². The second-order valence-electron chi connectivity index (χ2n) is 8.17. The molecule has 2 aliphatic heterocycles. The van der Waals surface area contributed by atoms with E-state index in [4.69, 9.17) is 6.42 Å². The minimum atomic E-state index is 0.185. The van der Waals surface area contributed by atoms with Gasteiger partial charge in [0.25, 0.3) is 0 Å². The Bertz CT molecular complexity index is 1170. The second kappa shape index (κ2) is 7.43. The molecule has 0 aliphatic carbocycles. The van der Waals surface area contributed by atoms with Crippen molar-refractivity contribution in [1.82, 2.24) is 19.8 Å². The molecule has 6 nitrogen and oxygen atoms in total. The van der Waals surface area contributed by atoms with E-state index in [-0.39, 0.29) is 5.91 Å². The first-order chi connectivity index (χ1) is 14.6. The fraction of sp³-hybridized carbons (Fsp3) is 0.292. The quantitative estimate of drug-likeness (QED) is 0.686. The highest BCUT2D eigenvalue weighted by Gasteiger charge is 2.44. The van der Waals surface area contributed by atoms with E-state index >= 15 is 0 Å². The maximum absolute atomic E-state index is 12.9. The maximum Gasteiger partial charge on any atom is 0.227 e. The van der Waals surface area contributed by atoms with Crippen molar-refractivity contribution in [2.24, 2.45) is 5.92 Å². The lowest BCUT2D eigenvalue weighted by atomic mass is 9.93. The predicted molar refractivity (Wildman–Crippen MR) is 117 cm³/mol. The van der Waals surface area contributed by atoms with Crippen molar-refractivity contribution in [3.8, 4) is 12.3 Å². The highest BCUT2D eigenvalue weighted by atomic mass is 16.2. The van der Waals surface area contributed by atoms with E-state index in [1.165, 1.54) is 6.33 Å². The number of rotatable bonds is 4. The molecule has 0 bridgehead atoms. The van der Waals surface area contributed by atoms with Gasteiger partial charge in [-0.15, -0.1) is 6.42 Å². The van der Waals surface area contributed by atoms with Gasteiger partial charge in [-0.25, -0.2) is 9.97 Å². The molecule has 0 spiro atoms. The Balaban J connectivity index is 1.37. The second-order valence-corrected chi connectivity index (χ2v) is 8.17. The highest BCUT2D eigenvalue weighted by molar-refractivity contribution is 5.92. The summed E-state index contributed by atoms with van der Waals surface area (Å²) in [4.78, 5) is 26.0. The molecule has 6 heteroatoms. The number of hydrogen-bond acceptors (Lipinski definition) is 5. The first kappa shape index (κ1) is 18.6. The van der Waals surface area contributed by atoms with E-state index in [0.717, 1.165) is 47.4 Å². The van der Waals surface area contributed by atoms with Gasteiger partial charge in [-0.1, -0.05) is 18.1 Å². The summed E-state index contributed by atoms with van der Waals surface area (Å²) in [5.74, 6) is 4.16. The van der Waals surface area contributed by atoms with Gasteiger partial charge >= 0.3 is 0 Å². The van der Waals surface area contributed by atoms with Crippen LogP contribution in [0, 0.1) is 18.3 Å². The largest absolute Gasteiger partial charge is 0.340 e. The number of carbonyl (C=O) groups is 1. The van der Waals surface area contributed by atoms with Crippen molar-refractivity contribution in [1.29, 1.82) is 0 Å². The van der Waals surface area contributed by atoms with Gasteiger partial charge in [0.05, 0.1) is 11.9 Å². The van der Waals surface area contributed by atoms with Gasteiger partial charge < -0.3 is 15.1 Å². The molecule has 5 rings (SSSR count). The Kier molecular flexibility index (Phi) is 4.61. The van der Waals surface area contributed by atoms with Crippen molar-refractivity contribution in [2.45, 2.75) is 12.5 Å². The Hall–Kier alpha value is -3.43. The number of aromatic nitrogens is 2. The fourth-order valence-electron chi connectivity index (χ4n) is 4.53. The summed E-state index contributed by atoms with van der Waals surface area (Å²) in [6.45, 7) is 2.82. The van der Waals surface area contributed by atoms with E-state index in [9.17, 15) is 4.79 Å². The zero-order valence-corrected chi connectivity index (χ0v) is 16.9. The molecule has 1 amide bonds. The highest BCUT2D eigenvalue weighted by Crippen LogP contribution is 2.31. The minimum absolute atomic E-state index is 0.185. The number of nitrogens with zero attached hydrogens (tertiary/aromatic N) is 4. The van der Waals surface area contributed by atoms with Crippen LogP contribution in [0.2, 0.25) is 0 Å². The van der Waals surface area contributed by atoms with Crippen molar-refractivity contribution in [2.75, 3.05) is 32.0 Å². The van der Waals surface area contributed by atoms with Crippen molar-refractivity contribution < 1.29 is 4.79 Å². The summed E-state index contributed by atoms with van der Waals surface area (Å²) in [5, 5.41) is 4.22. The standard InChI is InChI=1S/C24H23N5O/c1-3-16-5-4-6-19(9-16)27-24-20-10-17(7-8-21(20)25-15-26-24)11-23(30)29-13-18-12-28(2)22(18)14-29/h1,4-10,15,18,22H,11-14H2,2H3,(H,25,26,27). The molecule has 3 aromatic rings. The molecule has 2 unspecified atom stereocenters. The molecule has 2 saturated heterocycles. The molecule has 30 heavy (non-hydrogen) atoms. The van der Waals surface area contributed by atoms with Gasteiger partial charge in [0.2, 0.25) is 5.91 Å². The monoisotopic (exact) mass is 397 g/mol. The fourth-order valence-corrected chi connectivity index (χ4v) is 4.53. The number of amides is 1. The van der Waals surface area contributed by atoms with Crippen LogP contribution in [0.4, 0.5) is 11.5 Å². The van der Waals surface area contributed by atoms with Crippen LogP contribution >= 0.6 is 0 Å². The van der Waals surface area contributed by atoms with Crippen LogP contribution in [0.3, 0.4) is 0 Å².